The Balaban J connectivity index is 3.88. The van der Waals surface area contributed by atoms with Gasteiger partial charge in [0.25, 0.3) is 0 Å². The van der Waals surface area contributed by atoms with Crippen molar-refractivity contribution in [2.24, 2.45) is 5.73 Å². The van der Waals surface area contributed by atoms with Crippen molar-refractivity contribution in [2.75, 3.05) is 26.4 Å². The molecule has 0 fully saturated rings. The van der Waals surface area contributed by atoms with Crippen LogP contribution in [0.15, 0.2) is 60.8 Å². The zero-order chi connectivity index (χ0) is 54.5. The zero-order valence-corrected chi connectivity index (χ0v) is 49.9. The Morgan fingerprint density at radius 2 is 0.733 bits per heavy atom. The predicted octanol–water partition coefficient (Wildman–Crippen LogP) is 20.3. The molecule has 0 aliphatic heterocycles. The Bertz CT molecular complexity index is 1410. The summed E-state index contributed by atoms with van der Waals surface area (Å²) in [6.07, 6.45) is 77.3. The van der Waals surface area contributed by atoms with Crippen LogP contribution in [0.5, 0.6) is 0 Å². The number of rotatable bonds is 60. The molecule has 0 saturated heterocycles. The number of carbonyl (C=O) groups is 2. The molecule has 0 aliphatic carbocycles. The lowest BCUT2D eigenvalue weighted by molar-refractivity contribution is -0.161. The Kier molecular flexibility index (Phi) is 59.1. The molecule has 0 saturated carbocycles. The maximum Gasteiger partial charge on any atom is 0.472 e. The standard InChI is InChI=1S/C65H120NO8P/c1-3-5-7-9-11-13-15-17-19-21-23-25-27-28-29-30-31-32-33-34-36-37-39-41-43-45-47-49-51-53-55-57-64(67)71-61-63(62-73-75(69,70)72-60-59-66)74-65(68)58-56-54-52-50-48-46-44-42-40-38-35-26-24-22-20-18-16-14-12-10-8-6-4-2/h6,8,12,14,18,20-21,23-24,26,63H,3-5,7,9-11,13,15-17,19,22,25,27-62,66H2,1-2H3,(H,69,70)/b8-6-,14-12-,20-18-,23-21-,26-24-. The monoisotopic (exact) mass is 1070 g/mol. The number of hydrogen-bond donors (Lipinski definition) is 2. The van der Waals surface area contributed by atoms with E-state index < -0.39 is 26.5 Å². The average molecular weight is 1070 g/mol. The van der Waals surface area contributed by atoms with Crippen LogP contribution in [0.3, 0.4) is 0 Å². The van der Waals surface area contributed by atoms with Crippen molar-refractivity contribution in [1.29, 1.82) is 0 Å². The smallest absolute Gasteiger partial charge is 0.462 e. The van der Waals surface area contributed by atoms with Crippen molar-refractivity contribution in [2.45, 2.75) is 315 Å². The summed E-state index contributed by atoms with van der Waals surface area (Å²) in [5.74, 6) is -0.821. The second-order valence-electron chi connectivity index (χ2n) is 21.2. The molecule has 438 valence electrons. The molecule has 0 amide bonds. The molecule has 75 heavy (non-hydrogen) atoms. The summed E-state index contributed by atoms with van der Waals surface area (Å²) in [6, 6.07) is 0. The highest BCUT2D eigenvalue weighted by Crippen LogP contribution is 2.43. The van der Waals surface area contributed by atoms with E-state index in [1.807, 2.05) is 0 Å². The predicted molar refractivity (Wildman–Crippen MR) is 321 cm³/mol. The average Bonchev–Trinajstić information content (AvgIpc) is 3.40. The molecule has 0 aromatic carbocycles. The van der Waals surface area contributed by atoms with E-state index in [0.29, 0.717) is 6.42 Å². The van der Waals surface area contributed by atoms with Crippen molar-refractivity contribution < 1.29 is 37.6 Å². The van der Waals surface area contributed by atoms with Crippen molar-refractivity contribution in [3.63, 3.8) is 0 Å². The summed E-state index contributed by atoms with van der Waals surface area (Å²) in [5.41, 5.74) is 5.39. The summed E-state index contributed by atoms with van der Waals surface area (Å²) < 4.78 is 33.1. The van der Waals surface area contributed by atoms with Crippen LogP contribution in [0.1, 0.15) is 309 Å². The number of allylic oxidation sites excluding steroid dienone is 10. The van der Waals surface area contributed by atoms with Gasteiger partial charge in [-0.05, 0) is 77.0 Å². The third-order valence-electron chi connectivity index (χ3n) is 13.9. The van der Waals surface area contributed by atoms with Crippen molar-refractivity contribution >= 4 is 19.8 Å². The minimum absolute atomic E-state index is 0.0521. The summed E-state index contributed by atoms with van der Waals surface area (Å²) in [6.45, 7) is 3.67. The molecule has 0 bridgehead atoms. The van der Waals surface area contributed by atoms with Crippen molar-refractivity contribution in [3.8, 4) is 0 Å². The van der Waals surface area contributed by atoms with Gasteiger partial charge in [0.05, 0.1) is 13.2 Å². The molecule has 0 aromatic rings. The van der Waals surface area contributed by atoms with Crippen LogP contribution in [0.2, 0.25) is 0 Å². The van der Waals surface area contributed by atoms with Gasteiger partial charge in [0.15, 0.2) is 6.10 Å². The molecule has 0 spiro atoms. The van der Waals surface area contributed by atoms with E-state index in [9.17, 15) is 19.0 Å². The summed E-state index contributed by atoms with van der Waals surface area (Å²) in [5, 5.41) is 0. The lowest BCUT2D eigenvalue weighted by atomic mass is 10.0. The van der Waals surface area contributed by atoms with E-state index in [2.05, 4.69) is 74.6 Å². The molecule has 0 radical (unpaired) electrons. The quantitative estimate of drug-likeness (QED) is 0.0264. The van der Waals surface area contributed by atoms with Gasteiger partial charge in [0.1, 0.15) is 6.61 Å². The fourth-order valence-electron chi connectivity index (χ4n) is 9.21. The minimum atomic E-state index is -4.39. The molecule has 2 atom stereocenters. The van der Waals surface area contributed by atoms with E-state index in [-0.39, 0.29) is 38.6 Å². The Morgan fingerprint density at radius 3 is 1.11 bits per heavy atom. The summed E-state index contributed by atoms with van der Waals surface area (Å²) >= 11 is 0. The molecule has 10 heteroatoms. The topological polar surface area (TPSA) is 134 Å². The summed E-state index contributed by atoms with van der Waals surface area (Å²) in [4.78, 5) is 35.3. The molecular weight excluding hydrogens is 954 g/mol. The van der Waals surface area contributed by atoms with Gasteiger partial charge in [-0.1, -0.05) is 280 Å². The molecule has 3 N–H and O–H groups in total. The number of ether oxygens (including phenoxy) is 2. The number of unbranched alkanes of at least 4 members (excludes halogenated alkanes) is 37. The molecule has 2 unspecified atom stereocenters. The van der Waals surface area contributed by atoms with Gasteiger partial charge in [-0.3, -0.25) is 18.6 Å². The second kappa shape index (κ2) is 60.9. The first kappa shape index (κ1) is 72.7. The fraction of sp³-hybridized carbons (Fsp3) is 0.815. The third-order valence-corrected chi connectivity index (χ3v) is 14.9. The van der Waals surface area contributed by atoms with Crippen LogP contribution in [0.25, 0.3) is 0 Å². The molecule has 0 aliphatic rings. The first-order chi connectivity index (χ1) is 36.8. The third kappa shape index (κ3) is 60.8. The normalized spacial score (nSPS) is 13.4. The largest absolute Gasteiger partial charge is 0.472 e. The van der Waals surface area contributed by atoms with Crippen LogP contribution >= 0.6 is 7.82 Å². The molecule has 9 nitrogen and oxygen atoms in total. The van der Waals surface area contributed by atoms with Gasteiger partial charge in [0, 0.05) is 19.4 Å². The van der Waals surface area contributed by atoms with Crippen LogP contribution < -0.4 is 5.73 Å². The van der Waals surface area contributed by atoms with Crippen LogP contribution in [-0.4, -0.2) is 49.3 Å². The van der Waals surface area contributed by atoms with E-state index in [4.69, 9.17) is 24.3 Å². The van der Waals surface area contributed by atoms with Gasteiger partial charge < -0.3 is 20.1 Å². The van der Waals surface area contributed by atoms with Gasteiger partial charge in [-0.2, -0.15) is 0 Å². The molecule has 0 aromatic heterocycles. The number of carbonyl (C=O) groups excluding carboxylic acids is 2. The molecule has 0 rings (SSSR count). The molecular formula is C65H120NO8P. The van der Waals surface area contributed by atoms with E-state index in [0.717, 1.165) is 70.6 Å². The van der Waals surface area contributed by atoms with E-state index in [1.165, 1.54) is 205 Å². The van der Waals surface area contributed by atoms with Crippen molar-refractivity contribution in [3.05, 3.63) is 60.8 Å². The Labute approximate surface area is 463 Å². The number of nitrogens with two attached hydrogens (primary N) is 1. The number of phosphoric ester groups is 1. The SMILES string of the molecule is CC/C=C\C/C=C\C/C=C\C/C=C\CCCCCCCCCCCCC(=O)OC(COC(=O)CCCCCCCCCCCCCCCCCCCCC/C=C\CCCCCCCCCC)COP(=O)(O)OCCN. The number of hydrogen-bond acceptors (Lipinski definition) is 8. The molecule has 0 heterocycles. The van der Waals surface area contributed by atoms with Crippen LogP contribution in [0.4, 0.5) is 0 Å². The highest BCUT2D eigenvalue weighted by atomic mass is 31.2. The lowest BCUT2D eigenvalue weighted by Crippen LogP contribution is -2.29. The van der Waals surface area contributed by atoms with Gasteiger partial charge in [-0.25, -0.2) is 4.57 Å². The van der Waals surface area contributed by atoms with Crippen LogP contribution in [-0.2, 0) is 32.7 Å². The highest BCUT2D eigenvalue weighted by Gasteiger charge is 2.26. The minimum Gasteiger partial charge on any atom is -0.462 e. The first-order valence-electron chi connectivity index (χ1n) is 31.8. The van der Waals surface area contributed by atoms with Gasteiger partial charge in [-0.15, -0.1) is 0 Å². The fourth-order valence-corrected chi connectivity index (χ4v) is 9.98. The number of esters is 2. The second-order valence-corrected chi connectivity index (χ2v) is 22.7. The van der Waals surface area contributed by atoms with Crippen LogP contribution in [0, 0.1) is 0 Å². The lowest BCUT2D eigenvalue weighted by Gasteiger charge is -2.19. The summed E-state index contributed by atoms with van der Waals surface area (Å²) in [7, 11) is -4.39. The Morgan fingerprint density at radius 1 is 0.413 bits per heavy atom. The number of phosphoric acid groups is 1. The van der Waals surface area contributed by atoms with Gasteiger partial charge in [0.2, 0.25) is 0 Å². The first-order valence-corrected chi connectivity index (χ1v) is 33.3. The highest BCUT2D eigenvalue weighted by molar-refractivity contribution is 7.47. The van der Waals surface area contributed by atoms with Gasteiger partial charge >= 0.3 is 19.8 Å². The van der Waals surface area contributed by atoms with E-state index in [1.54, 1.807) is 0 Å². The Hall–Kier alpha value is -2.29. The van der Waals surface area contributed by atoms with Crippen molar-refractivity contribution in [1.82, 2.24) is 0 Å². The maximum atomic E-state index is 12.7. The maximum absolute atomic E-state index is 12.7. The zero-order valence-electron chi connectivity index (χ0n) is 49.0. The van der Waals surface area contributed by atoms with E-state index >= 15 is 0 Å².